The highest BCUT2D eigenvalue weighted by Crippen LogP contribution is 2.41. The summed E-state index contributed by atoms with van der Waals surface area (Å²) in [5.74, 6) is -0.265. The fourth-order valence-electron chi connectivity index (χ4n) is 7.85. The van der Waals surface area contributed by atoms with Crippen LogP contribution in [-0.2, 0) is 0 Å². The minimum Gasteiger partial charge on any atom is -0.309 e. The van der Waals surface area contributed by atoms with Crippen molar-refractivity contribution in [3.8, 4) is 44.8 Å². The minimum absolute atomic E-state index is 0.265. The maximum absolute atomic E-state index is 16.6. The van der Waals surface area contributed by atoms with E-state index in [1.54, 1.807) is 6.07 Å². The van der Waals surface area contributed by atoms with E-state index in [1.165, 1.54) is 16.3 Å². The molecule has 2 nitrogen and oxygen atoms in total. The Morgan fingerprint density at radius 2 is 0.863 bits per heavy atom. The van der Waals surface area contributed by atoms with Gasteiger partial charge in [-0.2, -0.15) is 0 Å². The predicted octanol–water partition coefficient (Wildman–Crippen LogP) is 13.0. The molecule has 0 N–H and O–H groups in total. The summed E-state index contributed by atoms with van der Waals surface area (Å²) in [5, 5.41) is 4.57. The van der Waals surface area contributed by atoms with Gasteiger partial charge < -0.3 is 9.13 Å². The fraction of sp³-hybridized carbons (Fsp3) is 0. The third kappa shape index (κ3) is 4.70. The SMILES string of the molecule is Fc1cc(-c2ccc(-c3ccccc3)cc2)ccc1-n1c2ccccc2c2cccc(-c3ccc4c(c3)c3ccccc3n4-c3ccccc3)c21. The Morgan fingerprint density at radius 1 is 0.333 bits per heavy atom. The van der Waals surface area contributed by atoms with Crippen LogP contribution in [0.5, 0.6) is 0 Å². The van der Waals surface area contributed by atoms with Crippen LogP contribution < -0.4 is 0 Å². The molecule has 0 aliphatic rings. The molecule has 10 rings (SSSR count). The van der Waals surface area contributed by atoms with E-state index in [1.807, 2.05) is 36.4 Å². The normalized spacial score (nSPS) is 11.6. The van der Waals surface area contributed by atoms with E-state index in [0.29, 0.717) is 5.69 Å². The van der Waals surface area contributed by atoms with Crippen LogP contribution in [0.15, 0.2) is 188 Å². The highest BCUT2D eigenvalue weighted by molar-refractivity contribution is 6.15. The minimum atomic E-state index is -0.265. The topological polar surface area (TPSA) is 9.86 Å². The van der Waals surface area contributed by atoms with E-state index in [9.17, 15) is 0 Å². The molecule has 0 bridgehead atoms. The number of hydrogen-bond acceptors (Lipinski definition) is 0. The van der Waals surface area contributed by atoms with E-state index in [-0.39, 0.29) is 5.82 Å². The largest absolute Gasteiger partial charge is 0.309 e. The smallest absolute Gasteiger partial charge is 0.147 e. The summed E-state index contributed by atoms with van der Waals surface area (Å²) in [6.07, 6.45) is 0. The zero-order chi connectivity index (χ0) is 33.9. The van der Waals surface area contributed by atoms with Crippen molar-refractivity contribution in [1.82, 2.24) is 9.13 Å². The Kier molecular flexibility index (Phi) is 6.71. The zero-order valence-electron chi connectivity index (χ0n) is 27.7. The van der Waals surface area contributed by atoms with Gasteiger partial charge >= 0.3 is 0 Å². The van der Waals surface area contributed by atoms with Gasteiger partial charge in [0.05, 0.1) is 27.8 Å². The molecule has 0 amide bonds. The first-order chi connectivity index (χ1) is 25.2. The van der Waals surface area contributed by atoms with Gasteiger partial charge in [0.2, 0.25) is 0 Å². The first-order valence-electron chi connectivity index (χ1n) is 17.3. The van der Waals surface area contributed by atoms with Crippen LogP contribution in [0.2, 0.25) is 0 Å². The standard InChI is InChI=1S/C48H31FN2/c49-43-31-35(34-24-22-33(23-25-34)32-12-3-1-4-13-32)26-29-47(43)51-45-21-10-7-16-39(45)41-19-11-18-38(48(41)51)36-27-28-46-42(30-36)40-17-8-9-20-44(40)50(46)37-14-5-2-6-15-37/h1-31H. The van der Waals surface area contributed by atoms with Crippen LogP contribution in [0.3, 0.4) is 0 Å². The monoisotopic (exact) mass is 654 g/mol. The number of fused-ring (bicyclic) bond motifs is 6. The van der Waals surface area contributed by atoms with Crippen LogP contribution in [0.1, 0.15) is 0 Å². The Hall–Kier alpha value is -6.71. The number of para-hydroxylation sites is 4. The molecule has 0 saturated heterocycles. The molecule has 0 unspecified atom stereocenters. The van der Waals surface area contributed by atoms with Crippen molar-refractivity contribution in [3.63, 3.8) is 0 Å². The third-order valence-corrected chi connectivity index (χ3v) is 10.2. The molecule has 0 saturated carbocycles. The molecular formula is C48H31FN2. The fourth-order valence-corrected chi connectivity index (χ4v) is 7.85. The van der Waals surface area contributed by atoms with Crippen molar-refractivity contribution in [2.45, 2.75) is 0 Å². The van der Waals surface area contributed by atoms with Crippen molar-refractivity contribution >= 4 is 43.6 Å². The molecule has 0 aliphatic heterocycles. The molecule has 2 aromatic heterocycles. The van der Waals surface area contributed by atoms with E-state index in [0.717, 1.165) is 66.4 Å². The van der Waals surface area contributed by atoms with Gasteiger partial charge in [0.15, 0.2) is 0 Å². The lowest BCUT2D eigenvalue weighted by atomic mass is 9.99. The maximum atomic E-state index is 16.6. The van der Waals surface area contributed by atoms with E-state index < -0.39 is 0 Å². The van der Waals surface area contributed by atoms with E-state index >= 15 is 4.39 Å². The van der Waals surface area contributed by atoms with E-state index in [2.05, 4.69) is 155 Å². The summed E-state index contributed by atoms with van der Waals surface area (Å²) in [4.78, 5) is 0. The molecule has 51 heavy (non-hydrogen) atoms. The first kappa shape index (κ1) is 29.2. The number of aromatic nitrogens is 2. The summed E-state index contributed by atoms with van der Waals surface area (Å²) < 4.78 is 21.0. The van der Waals surface area contributed by atoms with Gasteiger partial charge in [0.25, 0.3) is 0 Å². The van der Waals surface area contributed by atoms with Crippen LogP contribution in [0, 0.1) is 5.82 Å². The molecule has 0 aliphatic carbocycles. The first-order valence-corrected chi connectivity index (χ1v) is 17.3. The molecule has 0 atom stereocenters. The number of halogens is 1. The zero-order valence-corrected chi connectivity index (χ0v) is 27.7. The third-order valence-electron chi connectivity index (χ3n) is 10.2. The summed E-state index contributed by atoms with van der Waals surface area (Å²) in [7, 11) is 0. The van der Waals surface area contributed by atoms with Crippen LogP contribution in [-0.4, -0.2) is 9.13 Å². The number of nitrogens with zero attached hydrogens (tertiary/aromatic N) is 2. The summed E-state index contributed by atoms with van der Waals surface area (Å²) in [6, 6.07) is 64.8. The number of benzene rings is 8. The summed E-state index contributed by atoms with van der Waals surface area (Å²) in [6.45, 7) is 0. The maximum Gasteiger partial charge on any atom is 0.147 e. The van der Waals surface area contributed by atoms with Crippen LogP contribution >= 0.6 is 0 Å². The Labute approximate surface area is 294 Å². The van der Waals surface area contributed by atoms with Crippen LogP contribution in [0.25, 0.3) is 88.4 Å². The summed E-state index contributed by atoms with van der Waals surface area (Å²) in [5.41, 5.74) is 12.2. The Bertz CT molecular complexity index is 2900. The van der Waals surface area contributed by atoms with Crippen molar-refractivity contribution in [3.05, 3.63) is 194 Å². The highest BCUT2D eigenvalue weighted by atomic mass is 19.1. The average molecular weight is 655 g/mol. The van der Waals surface area contributed by atoms with Crippen molar-refractivity contribution in [2.75, 3.05) is 0 Å². The average Bonchev–Trinajstić information content (AvgIpc) is 3.71. The number of rotatable bonds is 5. The molecule has 2 heterocycles. The lowest BCUT2D eigenvalue weighted by Crippen LogP contribution is -1.99. The van der Waals surface area contributed by atoms with Crippen molar-refractivity contribution < 1.29 is 4.39 Å². The lowest BCUT2D eigenvalue weighted by molar-refractivity contribution is 0.621. The Balaban J connectivity index is 1.15. The number of hydrogen-bond donors (Lipinski definition) is 0. The van der Waals surface area contributed by atoms with E-state index in [4.69, 9.17) is 0 Å². The molecule has 240 valence electrons. The van der Waals surface area contributed by atoms with Crippen molar-refractivity contribution in [1.29, 1.82) is 0 Å². The van der Waals surface area contributed by atoms with Gasteiger partial charge in [-0.3, -0.25) is 0 Å². The second-order valence-electron chi connectivity index (χ2n) is 13.1. The molecular weight excluding hydrogens is 624 g/mol. The second kappa shape index (κ2) is 11.7. The molecule has 0 radical (unpaired) electrons. The van der Waals surface area contributed by atoms with Gasteiger partial charge in [0.1, 0.15) is 5.82 Å². The van der Waals surface area contributed by atoms with Gasteiger partial charge in [-0.15, -0.1) is 0 Å². The summed E-state index contributed by atoms with van der Waals surface area (Å²) >= 11 is 0. The van der Waals surface area contributed by atoms with Crippen molar-refractivity contribution in [2.24, 2.45) is 0 Å². The molecule has 0 spiro atoms. The predicted molar refractivity (Wildman–Crippen MR) is 211 cm³/mol. The Morgan fingerprint density at radius 3 is 1.59 bits per heavy atom. The quantitative estimate of drug-likeness (QED) is 0.175. The van der Waals surface area contributed by atoms with Gasteiger partial charge in [-0.05, 0) is 76.3 Å². The molecule has 8 aromatic carbocycles. The lowest BCUT2D eigenvalue weighted by Gasteiger charge is -2.14. The van der Waals surface area contributed by atoms with Crippen LogP contribution in [0.4, 0.5) is 4.39 Å². The van der Waals surface area contributed by atoms with Gasteiger partial charge in [-0.25, -0.2) is 4.39 Å². The van der Waals surface area contributed by atoms with Gasteiger partial charge in [-0.1, -0.05) is 140 Å². The molecule has 3 heteroatoms. The second-order valence-corrected chi connectivity index (χ2v) is 13.1. The molecule has 10 aromatic rings. The van der Waals surface area contributed by atoms with Gasteiger partial charge in [0, 0.05) is 32.8 Å². The highest BCUT2D eigenvalue weighted by Gasteiger charge is 2.20. The molecule has 0 fully saturated rings.